The molecule has 1 aliphatic heterocycles. The van der Waals surface area contributed by atoms with Gasteiger partial charge in [0.25, 0.3) is 0 Å². The number of carbonyl (C=O) groups is 2. The van der Waals surface area contributed by atoms with E-state index >= 15 is 0 Å². The summed E-state index contributed by atoms with van der Waals surface area (Å²) in [5.74, 6) is -3.02. The molecule has 1 fully saturated rings. The average Bonchev–Trinajstić information content (AvgIpc) is 2.96. The zero-order chi connectivity index (χ0) is 15.4. The van der Waals surface area contributed by atoms with Crippen LogP contribution < -0.4 is 5.32 Å². The van der Waals surface area contributed by atoms with E-state index in [1.54, 1.807) is 0 Å². The number of phenolic OH excluding ortho intramolecular Hbond substituents is 1. The van der Waals surface area contributed by atoms with Crippen molar-refractivity contribution in [1.29, 1.82) is 0 Å². The number of carboxylic acid groups (broad SMARTS) is 1. The van der Waals surface area contributed by atoms with Crippen molar-refractivity contribution in [2.24, 2.45) is 0 Å². The Morgan fingerprint density at radius 2 is 2.24 bits per heavy atom. The van der Waals surface area contributed by atoms with Crippen LogP contribution >= 0.6 is 0 Å². The Bertz CT molecular complexity index is 542. The normalized spacial score (nSPS) is 19.2. The molecule has 1 amide bonds. The number of benzene rings is 1. The fourth-order valence-corrected chi connectivity index (χ4v) is 2.16. The van der Waals surface area contributed by atoms with Gasteiger partial charge in [-0.1, -0.05) is 6.07 Å². The summed E-state index contributed by atoms with van der Waals surface area (Å²) in [6.45, 7) is 0.485. The molecule has 114 valence electrons. The van der Waals surface area contributed by atoms with Crippen LogP contribution in [-0.2, 0) is 20.7 Å². The minimum atomic E-state index is -1.21. The van der Waals surface area contributed by atoms with E-state index in [9.17, 15) is 14.0 Å². The van der Waals surface area contributed by atoms with Crippen molar-refractivity contribution >= 4 is 11.9 Å². The number of carboxylic acids is 1. The predicted molar refractivity (Wildman–Crippen MR) is 70.3 cm³/mol. The molecular formula is C14H16FNO5. The summed E-state index contributed by atoms with van der Waals surface area (Å²) in [5, 5.41) is 20.6. The molecule has 21 heavy (non-hydrogen) atoms. The molecule has 1 aromatic carbocycles. The van der Waals surface area contributed by atoms with Crippen LogP contribution in [0.1, 0.15) is 18.4 Å². The average molecular weight is 297 g/mol. The molecule has 6 nitrogen and oxygen atoms in total. The molecule has 0 spiro atoms. The smallest absolute Gasteiger partial charge is 0.326 e. The molecule has 0 bridgehead atoms. The molecule has 1 saturated heterocycles. The Kier molecular flexibility index (Phi) is 4.74. The van der Waals surface area contributed by atoms with Gasteiger partial charge in [-0.15, -0.1) is 0 Å². The summed E-state index contributed by atoms with van der Waals surface area (Å²) < 4.78 is 18.4. The molecule has 2 unspecified atom stereocenters. The van der Waals surface area contributed by atoms with Gasteiger partial charge in [-0.3, -0.25) is 4.79 Å². The van der Waals surface area contributed by atoms with Crippen molar-refractivity contribution < 1.29 is 28.9 Å². The van der Waals surface area contributed by atoms with E-state index in [-0.39, 0.29) is 6.42 Å². The molecule has 1 aromatic rings. The summed E-state index contributed by atoms with van der Waals surface area (Å²) in [6, 6.07) is 2.42. The summed E-state index contributed by atoms with van der Waals surface area (Å²) in [5.41, 5.74) is 0.366. The Morgan fingerprint density at radius 1 is 1.48 bits per heavy atom. The zero-order valence-corrected chi connectivity index (χ0v) is 11.2. The molecule has 0 radical (unpaired) electrons. The largest absolute Gasteiger partial charge is 0.505 e. The quantitative estimate of drug-likeness (QED) is 0.748. The van der Waals surface area contributed by atoms with Crippen molar-refractivity contribution in [1.82, 2.24) is 5.32 Å². The van der Waals surface area contributed by atoms with Crippen molar-refractivity contribution in [3.63, 3.8) is 0 Å². The van der Waals surface area contributed by atoms with E-state index < -0.39 is 35.6 Å². The highest BCUT2D eigenvalue weighted by molar-refractivity contribution is 5.86. The lowest BCUT2D eigenvalue weighted by Crippen LogP contribution is -2.46. The first-order chi connectivity index (χ1) is 9.97. The first-order valence-corrected chi connectivity index (χ1v) is 6.59. The van der Waals surface area contributed by atoms with Crippen LogP contribution in [0.15, 0.2) is 18.2 Å². The summed E-state index contributed by atoms with van der Waals surface area (Å²) in [6.07, 6.45) is 0.624. The van der Waals surface area contributed by atoms with E-state index in [4.69, 9.17) is 14.9 Å². The van der Waals surface area contributed by atoms with Crippen LogP contribution in [0.4, 0.5) is 4.39 Å². The molecular weight excluding hydrogens is 281 g/mol. The van der Waals surface area contributed by atoms with Gasteiger partial charge in [-0.05, 0) is 30.5 Å². The second-order valence-corrected chi connectivity index (χ2v) is 4.89. The van der Waals surface area contributed by atoms with E-state index in [1.165, 1.54) is 6.07 Å². The van der Waals surface area contributed by atoms with Gasteiger partial charge >= 0.3 is 5.97 Å². The van der Waals surface area contributed by atoms with Gasteiger partial charge in [0.1, 0.15) is 12.1 Å². The highest BCUT2D eigenvalue weighted by Crippen LogP contribution is 2.18. The zero-order valence-electron chi connectivity index (χ0n) is 11.2. The van der Waals surface area contributed by atoms with E-state index in [1.807, 2.05) is 0 Å². The first kappa shape index (κ1) is 15.2. The number of hydrogen-bond donors (Lipinski definition) is 3. The van der Waals surface area contributed by atoms with Crippen LogP contribution in [0.3, 0.4) is 0 Å². The van der Waals surface area contributed by atoms with Crippen molar-refractivity contribution in [2.45, 2.75) is 31.4 Å². The van der Waals surface area contributed by atoms with Gasteiger partial charge in [0, 0.05) is 13.0 Å². The molecule has 0 aliphatic carbocycles. The Labute approximate surface area is 120 Å². The Morgan fingerprint density at radius 3 is 2.81 bits per heavy atom. The second-order valence-electron chi connectivity index (χ2n) is 4.89. The van der Waals surface area contributed by atoms with E-state index in [0.717, 1.165) is 18.6 Å². The Balaban J connectivity index is 2.03. The maximum atomic E-state index is 13.2. The minimum Gasteiger partial charge on any atom is -0.505 e. The summed E-state index contributed by atoms with van der Waals surface area (Å²) in [4.78, 5) is 23.1. The minimum absolute atomic E-state index is 0.0784. The number of hydrogen-bond acceptors (Lipinski definition) is 4. The molecule has 3 N–H and O–H groups in total. The lowest BCUT2D eigenvalue weighted by atomic mass is 10.0. The number of amides is 1. The highest BCUT2D eigenvalue weighted by atomic mass is 19.1. The molecule has 1 heterocycles. The van der Waals surface area contributed by atoms with E-state index in [0.29, 0.717) is 18.6 Å². The number of rotatable bonds is 5. The van der Waals surface area contributed by atoms with Gasteiger partial charge in [0.2, 0.25) is 5.91 Å². The standard InChI is InChI=1S/C14H16FNO5/c15-9-6-8(3-4-11(9)17)7-10(14(19)20)16-13(18)12-2-1-5-21-12/h3-4,6,10,12,17H,1-2,5,7H2,(H,16,18)(H,19,20). The van der Waals surface area contributed by atoms with Gasteiger partial charge < -0.3 is 20.3 Å². The number of nitrogens with one attached hydrogen (secondary N) is 1. The van der Waals surface area contributed by atoms with Crippen LogP contribution in [0.5, 0.6) is 5.75 Å². The first-order valence-electron chi connectivity index (χ1n) is 6.59. The lowest BCUT2D eigenvalue weighted by molar-refractivity contribution is -0.143. The van der Waals surface area contributed by atoms with E-state index in [2.05, 4.69) is 5.32 Å². The number of aromatic hydroxyl groups is 1. The number of phenols is 1. The molecule has 0 saturated carbocycles. The van der Waals surface area contributed by atoms with Gasteiger partial charge in [-0.25, -0.2) is 9.18 Å². The second kappa shape index (κ2) is 6.53. The lowest BCUT2D eigenvalue weighted by Gasteiger charge is -2.17. The SMILES string of the molecule is O=C(O)C(Cc1ccc(O)c(F)c1)NC(=O)C1CCCO1. The number of ether oxygens (including phenoxy) is 1. The third-order valence-electron chi connectivity index (χ3n) is 3.29. The molecule has 2 atom stereocenters. The van der Waals surface area contributed by atoms with Crippen LogP contribution in [0, 0.1) is 5.82 Å². The van der Waals surface area contributed by atoms with Crippen LogP contribution in [0.25, 0.3) is 0 Å². The van der Waals surface area contributed by atoms with Crippen molar-refractivity contribution in [3.05, 3.63) is 29.6 Å². The number of aliphatic carboxylic acids is 1. The molecule has 0 aromatic heterocycles. The molecule has 2 rings (SSSR count). The summed E-state index contributed by atoms with van der Waals surface area (Å²) in [7, 11) is 0. The number of halogens is 1. The fraction of sp³-hybridized carbons (Fsp3) is 0.429. The third-order valence-corrected chi connectivity index (χ3v) is 3.29. The van der Waals surface area contributed by atoms with Gasteiger partial charge in [0.15, 0.2) is 11.6 Å². The van der Waals surface area contributed by atoms with Gasteiger partial charge in [-0.2, -0.15) is 0 Å². The molecule has 7 heteroatoms. The van der Waals surface area contributed by atoms with Crippen LogP contribution in [0.2, 0.25) is 0 Å². The number of carbonyl (C=O) groups excluding carboxylic acids is 1. The maximum Gasteiger partial charge on any atom is 0.326 e. The van der Waals surface area contributed by atoms with Gasteiger partial charge in [0.05, 0.1) is 0 Å². The van der Waals surface area contributed by atoms with Crippen LogP contribution in [-0.4, -0.2) is 40.8 Å². The maximum absolute atomic E-state index is 13.2. The fourth-order valence-electron chi connectivity index (χ4n) is 2.16. The topological polar surface area (TPSA) is 95.9 Å². The van der Waals surface area contributed by atoms with Crippen molar-refractivity contribution in [2.75, 3.05) is 6.61 Å². The predicted octanol–water partition coefficient (Wildman–Crippen LogP) is 0.822. The third kappa shape index (κ3) is 3.91. The summed E-state index contributed by atoms with van der Waals surface area (Å²) >= 11 is 0. The Hall–Kier alpha value is -2.15. The highest BCUT2D eigenvalue weighted by Gasteiger charge is 2.28. The molecule has 1 aliphatic rings. The van der Waals surface area contributed by atoms with Crippen molar-refractivity contribution in [3.8, 4) is 5.75 Å². The monoisotopic (exact) mass is 297 g/mol.